The molecular formula is C12H17N5O2. The zero-order valence-corrected chi connectivity index (χ0v) is 10.7. The Labute approximate surface area is 109 Å². The molecule has 0 radical (unpaired) electrons. The molecule has 2 aromatic heterocycles. The minimum absolute atomic E-state index is 0.00680. The van der Waals surface area contributed by atoms with Crippen molar-refractivity contribution in [3.05, 3.63) is 34.5 Å². The van der Waals surface area contributed by atoms with Crippen molar-refractivity contribution in [2.45, 2.75) is 12.8 Å². The van der Waals surface area contributed by atoms with Crippen LogP contribution in [0, 0.1) is 0 Å². The van der Waals surface area contributed by atoms with Crippen LogP contribution in [-0.4, -0.2) is 26.6 Å². The largest absolute Gasteiger partial charge is 0.505 e. The van der Waals surface area contributed by atoms with E-state index in [4.69, 9.17) is 11.5 Å². The number of fused-ring (bicyclic) bond motifs is 1. The summed E-state index contributed by atoms with van der Waals surface area (Å²) in [5.41, 5.74) is 11.4. The van der Waals surface area contributed by atoms with Crippen molar-refractivity contribution >= 4 is 11.5 Å². The lowest BCUT2D eigenvalue weighted by Crippen LogP contribution is -2.24. The van der Waals surface area contributed by atoms with Crippen LogP contribution < -0.4 is 17.0 Å². The van der Waals surface area contributed by atoms with E-state index in [1.54, 1.807) is 17.6 Å². The van der Waals surface area contributed by atoms with Crippen LogP contribution in [0.1, 0.15) is 12.1 Å². The van der Waals surface area contributed by atoms with Gasteiger partial charge in [0.1, 0.15) is 5.75 Å². The summed E-state index contributed by atoms with van der Waals surface area (Å²) in [6.07, 6.45) is 4.90. The second-order valence-corrected chi connectivity index (χ2v) is 4.35. The fraction of sp³-hybridized carbons (Fsp3) is 0.333. The molecule has 7 nitrogen and oxygen atoms in total. The highest BCUT2D eigenvalue weighted by Gasteiger charge is 2.10. The summed E-state index contributed by atoms with van der Waals surface area (Å²) in [5.74, 6) is 0.0623. The number of aromatic nitrogens is 2. The van der Waals surface area contributed by atoms with Gasteiger partial charge in [-0.25, -0.2) is 0 Å². The maximum absolute atomic E-state index is 12.1. The van der Waals surface area contributed by atoms with E-state index in [0.717, 1.165) is 12.1 Å². The number of hydrogen-bond acceptors (Lipinski definition) is 3. The van der Waals surface area contributed by atoms with Crippen molar-refractivity contribution in [3.8, 4) is 5.75 Å². The number of guanidine groups is 1. The molecular weight excluding hydrogens is 246 g/mol. The highest BCUT2D eigenvalue weighted by Crippen LogP contribution is 2.16. The van der Waals surface area contributed by atoms with Gasteiger partial charge in [0.25, 0.3) is 5.56 Å². The molecule has 0 aromatic carbocycles. The van der Waals surface area contributed by atoms with Gasteiger partial charge in [-0.05, 0) is 18.9 Å². The third-order valence-corrected chi connectivity index (χ3v) is 3.01. The summed E-state index contributed by atoms with van der Waals surface area (Å²) in [5, 5.41) is 9.60. The van der Waals surface area contributed by atoms with Gasteiger partial charge in [0.2, 0.25) is 0 Å². The number of nitrogens with two attached hydrogens (primary N) is 2. The molecule has 2 heterocycles. The lowest BCUT2D eigenvalue weighted by atomic mass is 10.2. The van der Waals surface area contributed by atoms with E-state index in [9.17, 15) is 9.90 Å². The fourth-order valence-corrected chi connectivity index (χ4v) is 2.00. The Hall–Kier alpha value is -2.44. The van der Waals surface area contributed by atoms with Crippen molar-refractivity contribution in [1.29, 1.82) is 0 Å². The summed E-state index contributed by atoms with van der Waals surface area (Å²) >= 11 is 0. The van der Waals surface area contributed by atoms with Gasteiger partial charge in [-0.15, -0.1) is 0 Å². The molecule has 2 rings (SSSR count). The van der Waals surface area contributed by atoms with Gasteiger partial charge in [0.15, 0.2) is 11.5 Å². The van der Waals surface area contributed by atoms with Gasteiger partial charge >= 0.3 is 0 Å². The smallest absolute Gasteiger partial charge is 0.278 e. The monoisotopic (exact) mass is 263 g/mol. The molecule has 0 aliphatic carbocycles. The Kier molecular flexibility index (Phi) is 3.46. The molecule has 19 heavy (non-hydrogen) atoms. The van der Waals surface area contributed by atoms with Crippen molar-refractivity contribution in [2.75, 3.05) is 6.54 Å². The molecule has 5 N–H and O–H groups in total. The Morgan fingerprint density at radius 3 is 2.89 bits per heavy atom. The molecule has 0 unspecified atom stereocenters. The summed E-state index contributed by atoms with van der Waals surface area (Å²) in [6.45, 7) is 0.519. The van der Waals surface area contributed by atoms with E-state index >= 15 is 0 Å². The molecule has 0 aliphatic heterocycles. The summed E-state index contributed by atoms with van der Waals surface area (Å²) in [7, 11) is 1.69. The van der Waals surface area contributed by atoms with E-state index in [1.165, 1.54) is 10.6 Å². The number of hydrogen-bond donors (Lipinski definition) is 3. The standard InChI is InChI=1S/C12H17N5O2/c1-16-8(3-2-5-15-12(13)14)7-17-6-4-9(18)10(17)11(16)19/h4,6-7,18H,2-3,5H2,1H3,(H4,13,14,15). The first-order valence-electron chi connectivity index (χ1n) is 5.94. The normalized spacial score (nSPS) is 10.8. The van der Waals surface area contributed by atoms with Crippen LogP contribution in [0.4, 0.5) is 0 Å². The van der Waals surface area contributed by atoms with Crippen LogP contribution in [-0.2, 0) is 13.5 Å². The first kappa shape index (κ1) is 13.0. The molecule has 0 atom stereocenters. The van der Waals surface area contributed by atoms with E-state index < -0.39 is 0 Å². The van der Waals surface area contributed by atoms with Crippen LogP contribution in [0.3, 0.4) is 0 Å². The van der Waals surface area contributed by atoms with Crippen LogP contribution in [0.2, 0.25) is 0 Å². The SMILES string of the molecule is Cn1c(CCCN=C(N)N)cn2ccc(O)c2c1=O. The van der Waals surface area contributed by atoms with Crippen molar-refractivity contribution < 1.29 is 5.11 Å². The zero-order chi connectivity index (χ0) is 14.0. The number of nitrogens with zero attached hydrogens (tertiary/aromatic N) is 3. The van der Waals surface area contributed by atoms with Crippen molar-refractivity contribution in [1.82, 2.24) is 8.97 Å². The Morgan fingerprint density at radius 2 is 2.21 bits per heavy atom. The predicted octanol–water partition coefficient (Wildman–Crippen LogP) is -0.450. The lowest BCUT2D eigenvalue weighted by Gasteiger charge is -2.09. The van der Waals surface area contributed by atoms with E-state index in [-0.39, 0.29) is 22.8 Å². The first-order valence-corrected chi connectivity index (χ1v) is 5.94. The third kappa shape index (κ3) is 2.54. The van der Waals surface area contributed by atoms with Gasteiger partial charge in [0, 0.05) is 31.7 Å². The molecule has 0 bridgehead atoms. The average molecular weight is 263 g/mol. The van der Waals surface area contributed by atoms with Gasteiger partial charge in [0.05, 0.1) is 0 Å². The van der Waals surface area contributed by atoms with E-state index in [2.05, 4.69) is 4.99 Å². The number of rotatable bonds is 4. The molecule has 7 heteroatoms. The highest BCUT2D eigenvalue weighted by molar-refractivity contribution is 5.75. The number of aliphatic imine (C=N–C) groups is 1. The number of aromatic hydroxyl groups is 1. The van der Waals surface area contributed by atoms with Crippen LogP contribution in [0.5, 0.6) is 5.75 Å². The average Bonchev–Trinajstić information content (AvgIpc) is 2.72. The second-order valence-electron chi connectivity index (χ2n) is 4.35. The van der Waals surface area contributed by atoms with Crippen LogP contribution in [0.25, 0.3) is 5.52 Å². The number of aryl methyl sites for hydroxylation is 1. The molecule has 0 saturated heterocycles. The van der Waals surface area contributed by atoms with E-state index in [1.807, 2.05) is 6.20 Å². The quantitative estimate of drug-likeness (QED) is 0.394. The van der Waals surface area contributed by atoms with Gasteiger partial charge in [-0.1, -0.05) is 0 Å². The summed E-state index contributed by atoms with van der Waals surface area (Å²) < 4.78 is 3.16. The van der Waals surface area contributed by atoms with Crippen LogP contribution >= 0.6 is 0 Å². The second kappa shape index (κ2) is 5.05. The molecule has 0 spiro atoms. The van der Waals surface area contributed by atoms with Crippen molar-refractivity contribution in [3.63, 3.8) is 0 Å². The predicted molar refractivity (Wildman–Crippen MR) is 73.3 cm³/mol. The summed E-state index contributed by atoms with van der Waals surface area (Å²) in [4.78, 5) is 16.0. The molecule has 0 fully saturated rings. The first-order chi connectivity index (χ1) is 9.00. The highest BCUT2D eigenvalue weighted by atomic mass is 16.3. The molecule has 2 aromatic rings. The lowest BCUT2D eigenvalue weighted by molar-refractivity contribution is 0.481. The molecule has 0 amide bonds. The Morgan fingerprint density at radius 1 is 1.47 bits per heavy atom. The zero-order valence-electron chi connectivity index (χ0n) is 10.7. The van der Waals surface area contributed by atoms with Crippen molar-refractivity contribution in [2.24, 2.45) is 23.5 Å². The Bertz CT molecular complexity index is 679. The topological polar surface area (TPSA) is 111 Å². The molecule has 102 valence electrons. The molecule has 0 aliphatic rings. The molecule has 0 saturated carbocycles. The fourth-order valence-electron chi connectivity index (χ4n) is 2.00. The maximum Gasteiger partial charge on any atom is 0.278 e. The third-order valence-electron chi connectivity index (χ3n) is 3.01. The van der Waals surface area contributed by atoms with Gasteiger partial charge in [-0.3, -0.25) is 9.79 Å². The maximum atomic E-state index is 12.1. The van der Waals surface area contributed by atoms with Gasteiger partial charge < -0.3 is 25.5 Å². The van der Waals surface area contributed by atoms with Gasteiger partial charge in [-0.2, -0.15) is 0 Å². The Balaban J connectivity index is 2.27. The van der Waals surface area contributed by atoms with E-state index in [0.29, 0.717) is 13.0 Å². The minimum Gasteiger partial charge on any atom is -0.505 e. The minimum atomic E-state index is -0.221. The summed E-state index contributed by atoms with van der Waals surface area (Å²) in [6, 6.07) is 1.50. The van der Waals surface area contributed by atoms with Crippen LogP contribution in [0.15, 0.2) is 28.2 Å².